The van der Waals surface area contributed by atoms with E-state index in [4.69, 9.17) is 4.74 Å². The van der Waals surface area contributed by atoms with Crippen LogP contribution in [0.15, 0.2) is 5.51 Å². The predicted octanol–water partition coefficient (Wildman–Crippen LogP) is 3.06. The minimum Gasteiger partial charge on any atom is -0.378 e. The number of thiazole rings is 1. The Labute approximate surface area is 108 Å². The molecule has 1 N–H and O–H groups in total. The summed E-state index contributed by atoms with van der Waals surface area (Å²) in [6.45, 7) is 6.27. The van der Waals surface area contributed by atoms with Crippen molar-refractivity contribution >= 4 is 11.3 Å². The molecule has 0 bridgehead atoms. The third-order valence-electron chi connectivity index (χ3n) is 3.37. The summed E-state index contributed by atoms with van der Waals surface area (Å²) in [5.41, 5.74) is 3.08. The highest BCUT2D eigenvalue weighted by molar-refractivity contribution is 7.09. The Bertz CT molecular complexity index is 334. The van der Waals surface area contributed by atoms with E-state index in [0.717, 1.165) is 25.3 Å². The first-order chi connectivity index (χ1) is 8.27. The van der Waals surface area contributed by atoms with Crippen molar-refractivity contribution in [1.29, 1.82) is 0 Å². The van der Waals surface area contributed by atoms with Crippen molar-refractivity contribution in [3.8, 4) is 0 Å². The van der Waals surface area contributed by atoms with Crippen molar-refractivity contribution in [2.24, 2.45) is 0 Å². The van der Waals surface area contributed by atoms with Gasteiger partial charge in [-0.2, -0.15) is 0 Å². The molecule has 2 unspecified atom stereocenters. The average molecular weight is 254 g/mol. The molecule has 17 heavy (non-hydrogen) atoms. The molecule has 1 aliphatic rings. The second-order valence-electron chi connectivity index (χ2n) is 4.76. The van der Waals surface area contributed by atoms with Crippen LogP contribution in [0.2, 0.25) is 0 Å². The zero-order valence-electron chi connectivity index (χ0n) is 10.7. The molecule has 0 spiro atoms. The lowest BCUT2D eigenvalue weighted by Gasteiger charge is -2.23. The average Bonchev–Trinajstić information content (AvgIpc) is 2.77. The normalized spacial score (nSPS) is 22.6. The van der Waals surface area contributed by atoms with Crippen LogP contribution in [0.5, 0.6) is 0 Å². The van der Waals surface area contributed by atoms with Gasteiger partial charge < -0.3 is 10.1 Å². The first kappa shape index (κ1) is 13.0. The van der Waals surface area contributed by atoms with Crippen molar-refractivity contribution in [2.45, 2.75) is 51.7 Å². The Hall–Kier alpha value is -0.450. The van der Waals surface area contributed by atoms with E-state index < -0.39 is 0 Å². The van der Waals surface area contributed by atoms with Gasteiger partial charge in [0.2, 0.25) is 0 Å². The molecular weight excluding hydrogens is 232 g/mol. The highest BCUT2D eigenvalue weighted by Crippen LogP contribution is 2.21. The third-order valence-corrected chi connectivity index (χ3v) is 4.48. The standard InChI is InChI=1S/C13H22N2OS/c1-10(13-11(2)15-9-17-13)14-7-6-12-5-3-4-8-16-12/h9-10,12,14H,3-8H2,1-2H3. The van der Waals surface area contributed by atoms with Crippen LogP contribution in [-0.4, -0.2) is 24.2 Å². The Balaban J connectivity index is 1.69. The van der Waals surface area contributed by atoms with Gasteiger partial charge in [-0.15, -0.1) is 11.3 Å². The molecule has 3 nitrogen and oxygen atoms in total. The topological polar surface area (TPSA) is 34.2 Å². The number of aryl methyl sites for hydroxylation is 1. The van der Waals surface area contributed by atoms with Crippen LogP contribution in [0, 0.1) is 6.92 Å². The van der Waals surface area contributed by atoms with Gasteiger partial charge in [0.15, 0.2) is 0 Å². The molecule has 1 saturated heterocycles. The van der Waals surface area contributed by atoms with Crippen molar-refractivity contribution in [1.82, 2.24) is 10.3 Å². The van der Waals surface area contributed by atoms with Gasteiger partial charge in [0.05, 0.1) is 17.3 Å². The molecule has 2 atom stereocenters. The Morgan fingerprint density at radius 2 is 2.47 bits per heavy atom. The lowest BCUT2D eigenvalue weighted by atomic mass is 10.1. The molecule has 1 fully saturated rings. The first-order valence-corrected chi connectivity index (χ1v) is 7.40. The SMILES string of the molecule is Cc1ncsc1C(C)NCCC1CCCCO1. The lowest BCUT2D eigenvalue weighted by molar-refractivity contribution is 0.0113. The molecule has 1 aromatic rings. The molecule has 0 aliphatic carbocycles. The fourth-order valence-electron chi connectivity index (χ4n) is 2.32. The number of hydrogen-bond acceptors (Lipinski definition) is 4. The fourth-order valence-corrected chi connectivity index (χ4v) is 3.15. The van der Waals surface area contributed by atoms with Crippen LogP contribution >= 0.6 is 11.3 Å². The molecule has 0 aromatic carbocycles. The minimum absolute atomic E-state index is 0.408. The van der Waals surface area contributed by atoms with Gasteiger partial charge in [0.1, 0.15) is 0 Å². The third kappa shape index (κ3) is 3.76. The van der Waals surface area contributed by atoms with E-state index in [9.17, 15) is 0 Å². The maximum Gasteiger partial charge on any atom is 0.0798 e. The van der Waals surface area contributed by atoms with Gasteiger partial charge in [-0.1, -0.05) is 0 Å². The van der Waals surface area contributed by atoms with Crippen LogP contribution in [-0.2, 0) is 4.74 Å². The zero-order chi connectivity index (χ0) is 12.1. The van der Waals surface area contributed by atoms with Crippen LogP contribution in [0.1, 0.15) is 49.2 Å². The minimum atomic E-state index is 0.408. The maximum absolute atomic E-state index is 5.72. The van der Waals surface area contributed by atoms with E-state index >= 15 is 0 Å². The predicted molar refractivity (Wildman–Crippen MR) is 71.5 cm³/mol. The molecule has 1 aromatic heterocycles. The van der Waals surface area contributed by atoms with Gasteiger partial charge in [-0.05, 0) is 46.1 Å². The molecule has 1 aliphatic heterocycles. The summed E-state index contributed by atoms with van der Waals surface area (Å²) in [6.07, 6.45) is 5.40. The monoisotopic (exact) mass is 254 g/mol. The largest absolute Gasteiger partial charge is 0.378 e. The molecule has 2 rings (SSSR count). The Morgan fingerprint density at radius 3 is 3.12 bits per heavy atom. The van der Waals surface area contributed by atoms with Crippen LogP contribution < -0.4 is 5.32 Å². The van der Waals surface area contributed by atoms with E-state index in [1.54, 1.807) is 11.3 Å². The quantitative estimate of drug-likeness (QED) is 0.877. The van der Waals surface area contributed by atoms with E-state index in [2.05, 4.69) is 24.1 Å². The van der Waals surface area contributed by atoms with Gasteiger partial charge in [0.25, 0.3) is 0 Å². The van der Waals surface area contributed by atoms with Gasteiger partial charge in [0, 0.05) is 17.5 Å². The van der Waals surface area contributed by atoms with Crippen molar-refractivity contribution in [3.63, 3.8) is 0 Å². The molecule has 4 heteroatoms. The van der Waals surface area contributed by atoms with Crippen molar-refractivity contribution in [2.75, 3.05) is 13.2 Å². The van der Waals surface area contributed by atoms with Crippen LogP contribution in [0.4, 0.5) is 0 Å². The highest BCUT2D eigenvalue weighted by Gasteiger charge is 2.15. The number of hydrogen-bond donors (Lipinski definition) is 1. The number of rotatable bonds is 5. The van der Waals surface area contributed by atoms with Crippen molar-refractivity contribution in [3.05, 3.63) is 16.1 Å². The summed E-state index contributed by atoms with van der Waals surface area (Å²) in [6, 6.07) is 0.408. The highest BCUT2D eigenvalue weighted by atomic mass is 32.1. The fraction of sp³-hybridized carbons (Fsp3) is 0.769. The summed E-state index contributed by atoms with van der Waals surface area (Å²) < 4.78 is 5.72. The summed E-state index contributed by atoms with van der Waals surface area (Å²) in [5, 5.41) is 3.56. The summed E-state index contributed by atoms with van der Waals surface area (Å²) in [4.78, 5) is 5.65. The van der Waals surface area contributed by atoms with Crippen LogP contribution in [0.25, 0.3) is 0 Å². The van der Waals surface area contributed by atoms with E-state index in [-0.39, 0.29) is 0 Å². The van der Waals surface area contributed by atoms with Crippen LogP contribution in [0.3, 0.4) is 0 Å². The molecule has 96 valence electrons. The number of ether oxygens (including phenoxy) is 1. The number of nitrogens with zero attached hydrogens (tertiary/aromatic N) is 1. The summed E-state index contributed by atoms with van der Waals surface area (Å²) in [5.74, 6) is 0. The smallest absolute Gasteiger partial charge is 0.0798 e. The van der Waals surface area contributed by atoms with Crippen molar-refractivity contribution < 1.29 is 4.74 Å². The van der Waals surface area contributed by atoms with E-state index in [0.29, 0.717) is 12.1 Å². The molecule has 0 radical (unpaired) electrons. The zero-order valence-corrected chi connectivity index (χ0v) is 11.6. The van der Waals surface area contributed by atoms with E-state index in [1.165, 1.54) is 24.1 Å². The Morgan fingerprint density at radius 1 is 1.59 bits per heavy atom. The van der Waals surface area contributed by atoms with Gasteiger partial charge in [-0.25, -0.2) is 4.98 Å². The first-order valence-electron chi connectivity index (χ1n) is 6.52. The van der Waals surface area contributed by atoms with E-state index in [1.807, 2.05) is 5.51 Å². The maximum atomic E-state index is 5.72. The number of aromatic nitrogens is 1. The number of nitrogens with one attached hydrogen (secondary N) is 1. The summed E-state index contributed by atoms with van der Waals surface area (Å²) >= 11 is 1.74. The van der Waals surface area contributed by atoms with Gasteiger partial charge in [-0.3, -0.25) is 0 Å². The molecule has 0 amide bonds. The molecular formula is C13H22N2OS. The molecule has 0 saturated carbocycles. The second kappa shape index (κ2) is 6.47. The lowest BCUT2D eigenvalue weighted by Crippen LogP contribution is -2.26. The summed E-state index contributed by atoms with van der Waals surface area (Å²) in [7, 11) is 0. The Kier molecular flexibility index (Phi) is 4.95. The molecule has 2 heterocycles. The second-order valence-corrected chi connectivity index (χ2v) is 5.64. The van der Waals surface area contributed by atoms with Gasteiger partial charge >= 0.3 is 0 Å².